The smallest absolute Gasteiger partial charge is 0.269 e. The average molecular weight is 340 g/mol. The maximum Gasteiger partial charge on any atom is 0.269 e. The first kappa shape index (κ1) is 18.6. The van der Waals surface area contributed by atoms with Gasteiger partial charge in [0.1, 0.15) is 5.69 Å². The monoisotopic (exact) mass is 340 g/mol. The highest BCUT2D eigenvalue weighted by atomic mass is 16.2. The van der Waals surface area contributed by atoms with Crippen LogP contribution >= 0.6 is 0 Å². The molecule has 0 aliphatic heterocycles. The van der Waals surface area contributed by atoms with Crippen LogP contribution in [0.4, 0.5) is 5.69 Å². The van der Waals surface area contributed by atoms with Crippen molar-refractivity contribution in [2.45, 2.75) is 6.92 Å². The molecule has 2 aromatic rings. The minimum Gasteiger partial charge on any atom is -0.349 e. The molecule has 25 heavy (non-hydrogen) atoms. The van der Waals surface area contributed by atoms with Crippen LogP contribution in [0.3, 0.4) is 0 Å². The molecule has 0 fully saturated rings. The molecule has 1 heterocycles. The second kappa shape index (κ2) is 8.94. The molecule has 1 aromatic heterocycles. The molecule has 0 aliphatic carbocycles. The van der Waals surface area contributed by atoms with Gasteiger partial charge in [0.25, 0.3) is 11.8 Å². The number of hydrogen-bond acceptors (Lipinski definition) is 4. The van der Waals surface area contributed by atoms with E-state index in [9.17, 15) is 9.59 Å². The maximum atomic E-state index is 12.8. The molecule has 0 bridgehead atoms. The van der Waals surface area contributed by atoms with E-state index < -0.39 is 0 Å². The molecule has 0 saturated heterocycles. The van der Waals surface area contributed by atoms with E-state index in [0.717, 1.165) is 12.2 Å². The summed E-state index contributed by atoms with van der Waals surface area (Å²) in [6.45, 7) is 3.72. The Morgan fingerprint density at radius 2 is 1.84 bits per heavy atom. The van der Waals surface area contributed by atoms with Crippen molar-refractivity contribution in [2.75, 3.05) is 38.6 Å². The number of benzene rings is 1. The van der Waals surface area contributed by atoms with Crippen LogP contribution in [0.1, 0.15) is 27.8 Å². The molecule has 1 aromatic carbocycles. The van der Waals surface area contributed by atoms with Gasteiger partial charge < -0.3 is 15.1 Å². The lowest BCUT2D eigenvalue weighted by Gasteiger charge is -2.21. The quantitative estimate of drug-likeness (QED) is 0.838. The number of rotatable bonds is 7. The van der Waals surface area contributed by atoms with E-state index in [1.165, 1.54) is 6.20 Å². The van der Waals surface area contributed by atoms with Gasteiger partial charge in [0.05, 0.1) is 0 Å². The molecule has 2 amide bonds. The van der Waals surface area contributed by atoms with Crippen LogP contribution in [0.5, 0.6) is 0 Å². The first-order chi connectivity index (χ1) is 12.0. The fourth-order valence-corrected chi connectivity index (χ4v) is 2.38. The van der Waals surface area contributed by atoms with Crippen LogP contribution in [0.15, 0.2) is 48.7 Å². The second-order valence-electron chi connectivity index (χ2n) is 5.87. The summed E-state index contributed by atoms with van der Waals surface area (Å²) < 4.78 is 0. The second-order valence-corrected chi connectivity index (χ2v) is 5.87. The minimum atomic E-state index is -0.278. The summed E-state index contributed by atoms with van der Waals surface area (Å²) in [5.41, 5.74) is 1.51. The first-order valence-electron chi connectivity index (χ1n) is 8.28. The predicted molar refractivity (Wildman–Crippen MR) is 98.9 cm³/mol. The van der Waals surface area contributed by atoms with Gasteiger partial charge in [-0.2, -0.15) is 0 Å². The number of pyridine rings is 1. The van der Waals surface area contributed by atoms with E-state index in [-0.39, 0.29) is 17.5 Å². The van der Waals surface area contributed by atoms with Crippen LogP contribution in [-0.4, -0.2) is 55.4 Å². The van der Waals surface area contributed by atoms with E-state index in [4.69, 9.17) is 0 Å². The Morgan fingerprint density at radius 3 is 2.48 bits per heavy atom. The highest BCUT2D eigenvalue weighted by molar-refractivity contribution is 6.07. The summed E-state index contributed by atoms with van der Waals surface area (Å²) in [7, 11) is 3.87. The van der Waals surface area contributed by atoms with Crippen LogP contribution in [0, 0.1) is 0 Å². The zero-order valence-corrected chi connectivity index (χ0v) is 14.9. The maximum absolute atomic E-state index is 12.8. The number of amides is 2. The third-order valence-corrected chi connectivity index (χ3v) is 3.71. The topological polar surface area (TPSA) is 65.5 Å². The molecule has 0 atom stereocenters. The number of nitrogens with zero attached hydrogens (tertiary/aromatic N) is 3. The average Bonchev–Trinajstić information content (AvgIpc) is 2.63. The van der Waals surface area contributed by atoms with E-state index >= 15 is 0 Å². The van der Waals surface area contributed by atoms with Gasteiger partial charge >= 0.3 is 0 Å². The van der Waals surface area contributed by atoms with Crippen molar-refractivity contribution in [3.63, 3.8) is 0 Å². The largest absolute Gasteiger partial charge is 0.349 e. The minimum absolute atomic E-state index is 0.154. The molecule has 6 heteroatoms. The molecule has 2 rings (SSSR count). The molecule has 0 aliphatic rings. The van der Waals surface area contributed by atoms with Gasteiger partial charge in [0.2, 0.25) is 0 Å². The summed E-state index contributed by atoms with van der Waals surface area (Å²) in [4.78, 5) is 32.7. The molecule has 0 radical (unpaired) electrons. The lowest BCUT2D eigenvalue weighted by molar-refractivity contribution is 0.0946. The van der Waals surface area contributed by atoms with Crippen LogP contribution in [0.2, 0.25) is 0 Å². The highest BCUT2D eigenvalue weighted by Gasteiger charge is 2.18. The Morgan fingerprint density at radius 1 is 1.12 bits per heavy atom. The Hall–Kier alpha value is -2.73. The van der Waals surface area contributed by atoms with Crippen LogP contribution in [-0.2, 0) is 0 Å². The normalized spacial score (nSPS) is 10.6. The third kappa shape index (κ3) is 5.12. The molecule has 1 N–H and O–H groups in total. The van der Waals surface area contributed by atoms with Crippen molar-refractivity contribution in [2.24, 2.45) is 0 Å². The van der Waals surface area contributed by atoms with Crippen LogP contribution in [0.25, 0.3) is 0 Å². The van der Waals surface area contributed by atoms with E-state index in [0.29, 0.717) is 18.7 Å². The van der Waals surface area contributed by atoms with Crippen molar-refractivity contribution in [3.05, 3.63) is 59.9 Å². The van der Waals surface area contributed by atoms with Gasteiger partial charge in [-0.05, 0) is 45.3 Å². The molecule has 0 unspecified atom stereocenters. The molecular weight excluding hydrogens is 316 g/mol. The van der Waals surface area contributed by atoms with Crippen molar-refractivity contribution >= 4 is 17.5 Å². The number of likely N-dealkylation sites (N-methyl/N-ethyl adjacent to an activating group) is 1. The molecule has 132 valence electrons. The van der Waals surface area contributed by atoms with Crippen molar-refractivity contribution < 1.29 is 9.59 Å². The zero-order chi connectivity index (χ0) is 18.2. The van der Waals surface area contributed by atoms with E-state index in [1.54, 1.807) is 17.0 Å². The van der Waals surface area contributed by atoms with Gasteiger partial charge in [-0.3, -0.25) is 14.6 Å². The third-order valence-electron chi connectivity index (χ3n) is 3.71. The molecule has 0 spiro atoms. The fourth-order valence-electron chi connectivity index (χ4n) is 2.38. The van der Waals surface area contributed by atoms with Crippen molar-refractivity contribution in [3.8, 4) is 0 Å². The number of anilines is 1. The van der Waals surface area contributed by atoms with Crippen LogP contribution < -0.4 is 10.2 Å². The number of aromatic nitrogens is 1. The standard InChI is InChI=1S/C19H24N4O2/c1-4-23(16-8-6-5-7-9-16)19(25)15-10-11-20-17(14-15)18(24)21-12-13-22(2)3/h5-11,14H,4,12-13H2,1-3H3,(H,21,24). The van der Waals surface area contributed by atoms with E-state index in [1.807, 2.05) is 56.3 Å². The lowest BCUT2D eigenvalue weighted by Crippen LogP contribution is -2.33. The molecular formula is C19H24N4O2. The number of hydrogen-bond donors (Lipinski definition) is 1. The SMILES string of the molecule is CCN(C(=O)c1ccnc(C(=O)NCCN(C)C)c1)c1ccccc1. The summed E-state index contributed by atoms with van der Waals surface area (Å²) >= 11 is 0. The van der Waals surface area contributed by atoms with Gasteiger partial charge in [-0.15, -0.1) is 0 Å². The summed E-state index contributed by atoms with van der Waals surface area (Å²) in [6.07, 6.45) is 1.49. The first-order valence-corrected chi connectivity index (χ1v) is 8.28. The Bertz CT molecular complexity index is 716. The Kier molecular flexibility index (Phi) is 6.65. The zero-order valence-electron chi connectivity index (χ0n) is 14.9. The van der Waals surface area contributed by atoms with Gasteiger partial charge in [0.15, 0.2) is 0 Å². The molecule has 6 nitrogen and oxygen atoms in total. The number of carbonyl (C=O) groups excluding carboxylic acids is 2. The Labute approximate surface area is 148 Å². The Balaban J connectivity index is 2.14. The van der Waals surface area contributed by atoms with Crippen molar-refractivity contribution in [1.82, 2.24) is 15.2 Å². The van der Waals surface area contributed by atoms with Gasteiger partial charge in [0, 0.05) is 37.1 Å². The summed E-state index contributed by atoms with van der Waals surface area (Å²) in [5, 5.41) is 2.80. The summed E-state index contributed by atoms with van der Waals surface area (Å²) in [6, 6.07) is 12.6. The van der Waals surface area contributed by atoms with Gasteiger partial charge in [-0.1, -0.05) is 18.2 Å². The lowest BCUT2D eigenvalue weighted by atomic mass is 10.1. The predicted octanol–water partition coefficient (Wildman–Crippen LogP) is 2.04. The number of para-hydroxylation sites is 1. The highest BCUT2D eigenvalue weighted by Crippen LogP contribution is 2.16. The molecule has 0 saturated carbocycles. The summed E-state index contributed by atoms with van der Waals surface area (Å²) in [5.74, 6) is -0.433. The van der Waals surface area contributed by atoms with Crippen molar-refractivity contribution in [1.29, 1.82) is 0 Å². The number of carbonyl (C=O) groups is 2. The van der Waals surface area contributed by atoms with Gasteiger partial charge in [-0.25, -0.2) is 0 Å². The number of nitrogens with one attached hydrogen (secondary N) is 1. The fraction of sp³-hybridized carbons (Fsp3) is 0.316. The van der Waals surface area contributed by atoms with E-state index in [2.05, 4.69) is 10.3 Å².